The SMILES string of the molecule is Oc1cncc(-c2nc(CSc3ccccc3Cl)no2)c1. The predicted molar refractivity (Wildman–Crippen MR) is 80.2 cm³/mol. The first-order chi connectivity index (χ1) is 10.2. The summed E-state index contributed by atoms with van der Waals surface area (Å²) < 4.78 is 5.17. The quantitative estimate of drug-likeness (QED) is 0.738. The lowest BCUT2D eigenvalue weighted by molar-refractivity contribution is 0.424. The minimum atomic E-state index is 0.0534. The third kappa shape index (κ3) is 3.34. The highest BCUT2D eigenvalue weighted by molar-refractivity contribution is 7.98. The molecule has 3 rings (SSSR count). The average Bonchev–Trinajstić information content (AvgIpc) is 2.95. The van der Waals surface area contributed by atoms with Crippen molar-refractivity contribution in [3.8, 4) is 17.2 Å². The van der Waals surface area contributed by atoms with Gasteiger partial charge in [0.25, 0.3) is 5.89 Å². The molecule has 0 bridgehead atoms. The lowest BCUT2D eigenvalue weighted by Gasteiger charge is -2.00. The number of benzene rings is 1. The number of halogens is 1. The van der Waals surface area contributed by atoms with Gasteiger partial charge in [-0.05, 0) is 18.2 Å². The fourth-order valence-corrected chi connectivity index (χ4v) is 2.76. The molecule has 5 nitrogen and oxygen atoms in total. The van der Waals surface area contributed by atoms with E-state index in [-0.39, 0.29) is 5.75 Å². The second-order valence-corrected chi connectivity index (χ2v) is 5.59. The molecule has 7 heteroatoms. The Balaban J connectivity index is 1.72. The zero-order chi connectivity index (χ0) is 14.7. The Hall–Kier alpha value is -2.05. The summed E-state index contributed by atoms with van der Waals surface area (Å²) in [7, 11) is 0. The molecule has 0 unspecified atom stereocenters. The number of hydrogen-bond acceptors (Lipinski definition) is 6. The number of pyridine rings is 1. The van der Waals surface area contributed by atoms with Gasteiger partial charge in [0, 0.05) is 11.1 Å². The van der Waals surface area contributed by atoms with Crippen LogP contribution in [0.5, 0.6) is 5.75 Å². The number of aromatic hydroxyl groups is 1. The maximum absolute atomic E-state index is 9.39. The summed E-state index contributed by atoms with van der Waals surface area (Å²) in [5, 5.41) is 14.0. The van der Waals surface area contributed by atoms with Crippen molar-refractivity contribution in [1.29, 1.82) is 0 Å². The molecule has 3 aromatic rings. The maximum atomic E-state index is 9.39. The second kappa shape index (κ2) is 6.15. The maximum Gasteiger partial charge on any atom is 0.259 e. The Morgan fingerprint density at radius 3 is 2.90 bits per heavy atom. The van der Waals surface area contributed by atoms with Crippen molar-refractivity contribution in [1.82, 2.24) is 15.1 Å². The summed E-state index contributed by atoms with van der Waals surface area (Å²) in [6.45, 7) is 0. The van der Waals surface area contributed by atoms with E-state index in [4.69, 9.17) is 16.1 Å². The van der Waals surface area contributed by atoms with Crippen LogP contribution in [-0.2, 0) is 5.75 Å². The summed E-state index contributed by atoms with van der Waals surface area (Å²) >= 11 is 7.62. The van der Waals surface area contributed by atoms with Crippen molar-refractivity contribution in [3.63, 3.8) is 0 Å². The lowest BCUT2D eigenvalue weighted by Crippen LogP contribution is -1.85. The minimum absolute atomic E-state index is 0.0534. The molecule has 0 aliphatic rings. The van der Waals surface area contributed by atoms with Crippen LogP contribution in [0.2, 0.25) is 5.02 Å². The van der Waals surface area contributed by atoms with Crippen molar-refractivity contribution >= 4 is 23.4 Å². The molecule has 2 aromatic heterocycles. The van der Waals surface area contributed by atoms with E-state index in [0.29, 0.717) is 28.1 Å². The van der Waals surface area contributed by atoms with Gasteiger partial charge in [-0.2, -0.15) is 4.98 Å². The van der Waals surface area contributed by atoms with Crippen molar-refractivity contribution in [2.75, 3.05) is 0 Å². The Morgan fingerprint density at radius 1 is 1.24 bits per heavy atom. The molecular formula is C14H10ClN3O2S. The van der Waals surface area contributed by atoms with Gasteiger partial charge >= 0.3 is 0 Å². The number of rotatable bonds is 4. The molecule has 0 aliphatic carbocycles. The van der Waals surface area contributed by atoms with Gasteiger partial charge in [-0.25, -0.2) is 0 Å². The van der Waals surface area contributed by atoms with E-state index in [1.807, 2.05) is 24.3 Å². The van der Waals surface area contributed by atoms with Crippen LogP contribution in [0.15, 0.2) is 52.1 Å². The van der Waals surface area contributed by atoms with E-state index in [1.165, 1.54) is 24.0 Å². The van der Waals surface area contributed by atoms with Gasteiger partial charge in [-0.1, -0.05) is 28.9 Å². The van der Waals surface area contributed by atoms with Gasteiger partial charge in [-0.15, -0.1) is 11.8 Å². The summed E-state index contributed by atoms with van der Waals surface area (Å²) in [4.78, 5) is 9.11. The number of nitrogens with zero attached hydrogens (tertiary/aromatic N) is 3. The first kappa shape index (κ1) is 13.9. The van der Waals surface area contributed by atoms with E-state index in [9.17, 15) is 5.11 Å². The Kier molecular flexibility index (Phi) is 4.08. The fourth-order valence-electron chi connectivity index (χ4n) is 1.68. The van der Waals surface area contributed by atoms with E-state index in [2.05, 4.69) is 15.1 Å². The topological polar surface area (TPSA) is 72.0 Å². The predicted octanol–water partition coefficient (Wildman–Crippen LogP) is 3.78. The molecule has 1 N–H and O–H groups in total. The van der Waals surface area contributed by atoms with Crippen LogP contribution in [0, 0.1) is 0 Å². The summed E-state index contributed by atoms with van der Waals surface area (Å²) in [6.07, 6.45) is 2.90. The highest BCUT2D eigenvalue weighted by Crippen LogP contribution is 2.29. The first-order valence-corrected chi connectivity index (χ1v) is 7.43. The van der Waals surface area contributed by atoms with E-state index in [0.717, 1.165) is 4.90 Å². The van der Waals surface area contributed by atoms with Gasteiger partial charge in [0.05, 0.1) is 22.5 Å². The Bertz CT molecular complexity index is 763. The second-order valence-electron chi connectivity index (χ2n) is 4.17. The van der Waals surface area contributed by atoms with Crippen molar-refractivity contribution < 1.29 is 9.63 Å². The molecule has 0 spiro atoms. The van der Waals surface area contributed by atoms with E-state index in [1.54, 1.807) is 6.20 Å². The Morgan fingerprint density at radius 2 is 2.10 bits per heavy atom. The van der Waals surface area contributed by atoms with Gasteiger partial charge in [0.1, 0.15) is 5.75 Å². The Labute approximate surface area is 130 Å². The summed E-state index contributed by atoms with van der Waals surface area (Å²) in [6, 6.07) is 9.10. The van der Waals surface area contributed by atoms with E-state index >= 15 is 0 Å². The monoisotopic (exact) mass is 319 g/mol. The molecule has 1 aromatic carbocycles. The number of aromatic nitrogens is 3. The minimum Gasteiger partial charge on any atom is -0.506 e. The molecule has 0 fully saturated rings. The van der Waals surface area contributed by atoms with Crippen molar-refractivity contribution in [2.45, 2.75) is 10.6 Å². The number of hydrogen-bond donors (Lipinski definition) is 1. The zero-order valence-corrected chi connectivity index (χ0v) is 12.3. The molecule has 0 saturated heterocycles. The molecule has 106 valence electrons. The van der Waals surface area contributed by atoms with Crippen LogP contribution >= 0.6 is 23.4 Å². The van der Waals surface area contributed by atoms with Crippen LogP contribution in [0.4, 0.5) is 0 Å². The van der Waals surface area contributed by atoms with Gasteiger partial charge < -0.3 is 9.63 Å². The highest BCUT2D eigenvalue weighted by atomic mass is 35.5. The van der Waals surface area contributed by atoms with Crippen LogP contribution in [0.25, 0.3) is 11.5 Å². The molecular weight excluding hydrogens is 310 g/mol. The molecule has 2 heterocycles. The van der Waals surface area contributed by atoms with Gasteiger partial charge in [0.2, 0.25) is 0 Å². The zero-order valence-electron chi connectivity index (χ0n) is 10.7. The normalized spacial score (nSPS) is 10.7. The molecule has 21 heavy (non-hydrogen) atoms. The standard InChI is InChI=1S/C14H10ClN3O2S/c15-11-3-1-2-4-12(11)21-8-13-17-14(20-18-13)9-5-10(19)7-16-6-9/h1-7,19H,8H2. The van der Waals surface area contributed by atoms with Crippen LogP contribution in [0.3, 0.4) is 0 Å². The smallest absolute Gasteiger partial charge is 0.259 e. The third-order valence-electron chi connectivity index (χ3n) is 2.63. The number of thioether (sulfide) groups is 1. The molecule has 0 atom stereocenters. The molecule has 0 saturated carbocycles. The average molecular weight is 320 g/mol. The largest absolute Gasteiger partial charge is 0.506 e. The van der Waals surface area contributed by atoms with E-state index < -0.39 is 0 Å². The van der Waals surface area contributed by atoms with Crippen molar-refractivity contribution in [3.05, 3.63) is 53.6 Å². The fraction of sp³-hybridized carbons (Fsp3) is 0.0714. The van der Waals surface area contributed by atoms with Gasteiger partial charge in [0.15, 0.2) is 5.82 Å². The van der Waals surface area contributed by atoms with Crippen molar-refractivity contribution in [2.24, 2.45) is 0 Å². The van der Waals surface area contributed by atoms with Gasteiger partial charge in [-0.3, -0.25) is 4.98 Å². The van der Waals surface area contributed by atoms with Crippen LogP contribution < -0.4 is 0 Å². The first-order valence-electron chi connectivity index (χ1n) is 6.06. The highest BCUT2D eigenvalue weighted by Gasteiger charge is 2.10. The van der Waals surface area contributed by atoms with Crippen LogP contribution in [-0.4, -0.2) is 20.2 Å². The molecule has 0 radical (unpaired) electrons. The lowest BCUT2D eigenvalue weighted by atomic mass is 10.3. The molecule has 0 amide bonds. The summed E-state index contributed by atoms with van der Waals surface area (Å²) in [5.74, 6) is 1.48. The van der Waals surface area contributed by atoms with Crippen LogP contribution in [0.1, 0.15) is 5.82 Å². The molecule has 0 aliphatic heterocycles. The summed E-state index contributed by atoms with van der Waals surface area (Å²) in [5.41, 5.74) is 0.580. The third-order valence-corrected chi connectivity index (χ3v) is 4.14.